The van der Waals surface area contributed by atoms with Crippen molar-refractivity contribution in [3.63, 3.8) is 0 Å². The molecule has 4 heteroatoms. The minimum Gasteiger partial charge on any atom is -0.356 e. The Balaban J connectivity index is 1.53. The molecule has 1 aromatic carbocycles. The molecule has 1 aliphatic carbocycles. The van der Waals surface area contributed by atoms with E-state index < -0.39 is 0 Å². The predicted molar refractivity (Wildman–Crippen MR) is 96.0 cm³/mol. The smallest absolute Gasteiger partial charge is 0.223 e. The van der Waals surface area contributed by atoms with Crippen molar-refractivity contribution in [2.24, 2.45) is 0 Å². The van der Waals surface area contributed by atoms with Crippen molar-refractivity contribution in [3.8, 4) is 0 Å². The van der Waals surface area contributed by atoms with E-state index >= 15 is 0 Å². The molecule has 2 amide bonds. The summed E-state index contributed by atoms with van der Waals surface area (Å²) in [6.45, 7) is 2.90. The van der Waals surface area contributed by atoms with Gasteiger partial charge < -0.3 is 10.2 Å². The van der Waals surface area contributed by atoms with Gasteiger partial charge in [-0.1, -0.05) is 29.8 Å². The monoisotopic (exact) mass is 326 g/mol. The summed E-state index contributed by atoms with van der Waals surface area (Å²) in [6.07, 6.45) is 8.67. The first-order valence-electron chi connectivity index (χ1n) is 8.97. The van der Waals surface area contributed by atoms with Gasteiger partial charge in [-0.25, -0.2) is 0 Å². The number of para-hydroxylation sites is 1. The lowest BCUT2D eigenvalue weighted by Crippen LogP contribution is -2.30. The van der Waals surface area contributed by atoms with E-state index in [1.54, 1.807) is 11.8 Å². The molecule has 0 radical (unpaired) electrons. The van der Waals surface area contributed by atoms with Crippen molar-refractivity contribution in [2.75, 3.05) is 18.0 Å². The Labute approximate surface area is 143 Å². The first kappa shape index (κ1) is 16.7. The minimum absolute atomic E-state index is 0.0367. The van der Waals surface area contributed by atoms with Crippen LogP contribution in [0, 0.1) is 0 Å². The van der Waals surface area contributed by atoms with Gasteiger partial charge in [0.25, 0.3) is 0 Å². The molecule has 0 bridgehead atoms. The van der Waals surface area contributed by atoms with Crippen LogP contribution in [-0.4, -0.2) is 24.9 Å². The number of nitrogens with one attached hydrogen (secondary N) is 1. The first-order valence-corrected chi connectivity index (χ1v) is 8.97. The summed E-state index contributed by atoms with van der Waals surface area (Å²) < 4.78 is 0. The van der Waals surface area contributed by atoms with E-state index in [0.717, 1.165) is 24.2 Å². The van der Waals surface area contributed by atoms with Gasteiger partial charge in [0, 0.05) is 38.0 Å². The molecule has 1 aliphatic heterocycles. The molecule has 0 aromatic heterocycles. The van der Waals surface area contributed by atoms with Gasteiger partial charge in [-0.2, -0.15) is 0 Å². The molecule has 128 valence electrons. The number of anilines is 1. The van der Waals surface area contributed by atoms with Crippen LogP contribution in [0.5, 0.6) is 0 Å². The Hall–Kier alpha value is -2.10. The maximum Gasteiger partial charge on any atom is 0.223 e. The van der Waals surface area contributed by atoms with Crippen LogP contribution in [0.4, 0.5) is 5.69 Å². The van der Waals surface area contributed by atoms with Gasteiger partial charge in [0.1, 0.15) is 0 Å². The Morgan fingerprint density at radius 3 is 2.83 bits per heavy atom. The maximum absolute atomic E-state index is 12.3. The Morgan fingerprint density at radius 2 is 2.08 bits per heavy atom. The number of benzene rings is 1. The minimum atomic E-state index is 0.0367. The summed E-state index contributed by atoms with van der Waals surface area (Å²) in [5, 5.41) is 3.05. The molecule has 1 unspecified atom stereocenters. The van der Waals surface area contributed by atoms with Crippen molar-refractivity contribution in [3.05, 3.63) is 41.5 Å². The highest BCUT2D eigenvalue weighted by atomic mass is 16.2. The molecule has 24 heavy (non-hydrogen) atoms. The quantitative estimate of drug-likeness (QED) is 0.842. The first-order chi connectivity index (χ1) is 11.6. The van der Waals surface area contributed by atoms with Gasteiger partial charge in [0.2, 0.25) is 11.8 Å². The van der Waals surface area contributed by atoms with Gasteiger partial charge >= 0.3 is 0 Å². The maximum atomic E-state index is 12.3. The second-order valence-corrected chi connectivity index (χ2v) is 6.80. The normalized spacial score (nSPS) is 19.6. The van der Waals surface area contributed by atoms with Gasteiger partial charge in [-0.15, -0.1) is 0 Å². The molecule has 0 fully saturated rings. The number of rotatable bonds is 5. The van der Waals surface area contributed by atoms with Crippen molar-refractivity contribution in [2.45, 2.75) is 51.4 Å². The fourth-order valence-electron chi connectivity index (χ4n) is 3.76. The molecule has 0 saturated carbocycles. The van der Waals surface area contributed by atoms with Crippen LogP contribution >= 0.6 is 0 Å². The van der Waals surface area contributed by atoms with Crippen molar-refractivity contribution >= 4 is 17.5 Å². The summed E-state index contributed by atoms with van der Waals surface area (Å²) >= 11 is 0. The predicted octanol–water partition coefficient (Wildman–Crippen LogP) is 3.53. The Bertz CT molecular complexity index is 651. The van der Waals surface area contributed by atoms with E-state index in [1.165, 1.54) is 31.3 Å². The largest absolute Gasteiger partial charge is 0.356 e. The summed E-state index contributed by atoms with van der Waals surface area (Å²) in [5.74, 6) is 0.213. The zero-order valence-electron chi connectivity index (χ0n) is 14.4. The molecular weight excluding hydrogens is 300 g/mol. The van der Waals surface area contributed by atoms with Gasteiger partial charge in [-0.05, 0) is 43.7 Å². The molecule has 1 atom stereocenters. The number of hydrogen-bond acceptors (Lipinski definition) is 2. The third-order valence-corrected chi connectivity index (χ3v) is 5.04. The van der Waals surface area contributed by atoms with Gasteiger partial charge in [0.05, 0.1) is 0 Å². The molecule has 1 aromatic rings. The zero-order chi connectivity index (χ0) is 16.9. The summed E-state index contributed by atoms with van der Waals surface area (Å²) in [7, 11) is 0. The van der Waals surface area contributed by atoms with Gasteiger partial charge in [-0.3, -0.25) is 9.59 Å². The Morgan fingerprint density at radius 1 is 1.25 bits per heavy atom. The lowest BCUT2D eigenvalue weighted by Gasteiger charge is -2.15. The van der Waals surface area contributed by atoms with Crippen molar-refractivity contribution in [1.29, 1.82) is 0 Å². The van der Waals surface area contributed by atoms with Crippen LogP contribution in [-0.2, 0) is 9.59 Å². The third-order valence-electron chi connectivity index (χ3n) is 5.04. The summed E-state index contributed by atoms with van der Waals surface area (Å²) in [6, 6.07) is 7.91. The average Bonchev–Trinajstić information content (AvgIpc) is 2.95. The van der Waals surface area contributed by atoms with E-state index in [9.17, 15) is 9.59 Å². The van der Waals surface area contributed by atoms with Crippen LogP contribution in [0.25, 0.3) is 0 Å². The fourth-order valence-corrected chi connectivity index (χ4v) is 3.76. The van der Waals surface area contributed by atoms with E-state index in [-0.39, 0.29) is 17.7 Å². The summed E-state index contributed by atoms with van der Waals surface area (Å²) in [4.78, 5) is 25.9. The van der Waals surface area contributed by atoms with E-state index in [1.807, 2.05) is 24.3 Å². The number of amides is 2. The highest BCUT2D eigenvalue weighted by Crippen LogP contribution is 2.37. The number of fused-ring (bicyclic) bond motifs is 1. The number of hydrogen-bond donors (Lipinski definition) is 1. The van der Waals surface area contributed by atoms with Gasteiger partial charge in [0.15, 0.2) is 0 Å². The van der Waals surface area contributed by atoms with Crippen LogP contribution in [0.2, 0.25) is 0 Å². The molecule has 0 saturated heterocycles. The molecule has 0 spiro atoms. The fraction of sp³-hybridized carbons (Fsp3) is 0.500. The van der Waals surface area contributed by atoms with E-state index in [2.05, 4.69) is 11.4 Å². The second-order valence-electron chi connectivity index (χ2n) is 6.80. The summed E-state index contributed by atoms with van der Waals surface area (Å²) in [5.41, 5.74) is 3.54. The SMILES string of the molecule is CC(=O)N1CC(CC(=O)NCCC2=CCCCC2)c2ccccc21. The number of carbonyl (C=O) groups excluding carboxylic acids is 2. The molecule has 3 rings (SSSR count). The number of nitrogens with zero attached hydrogens (tertiary/aromatic N) is 1. The highest BCUT2D eigenvalue weighted by molar-refractivity contribution is 5.94. The van der Waals surface area contributed by atoms with Crippen LogP contribution in [0.15, 0.2) is 35.9 Å². The molecule has 1 heterocycles. The van der Waals surface area contributed by atoms with E-state index in [4.69, 9.17) is 0 Å². The highest BCUT2D eigenvalue weighted by Gasteiger charge is 2.31. The molecule has 1 N–H and O–H groups in total. The number of allylic oxidation sites excluding steroid dienone is 1. The molecular formula is C20H26N2O2. The number of carbonyl (C=O) groups is 2. The van der Waals surface area contributed by atoms with Crippen molar-refractivity contribution in [1.82, 2.24) is 5.32 Å². The zero-order valence-corrected chi connectivity index (χ0v) is 14.4. The average molecular weight is 326 g/mol. The second kappa shape index (κ2) is 7.65. The third kappa shape index (κ3) is 3.86. The Kier molecular flexibility index (Phi) is 5.34. The lowest BCUT2D eigenvalue weighted by atomic mass is 9.96. The topological polar surface area (TPSA) is 49.4 Å². The molecule has 2 aliphatic rings. The lowest BCUT2D eigenvalue weighted by molar-refractivity contribution is -0.121. The van der Waals surface area contributed by atoms with Crippen LogP contribution in [0.3, 0.4) is 0 Å². The van der Waals surface area contributed by atoms with Crippen molar-refractivity contribution < 1.29 is 9.59 Å². The van der Waals surface area contributed by atoms with Crippen LogP contribution < -0.4 is 10.2 Å². The van der Waals surface area contributed by atoms with E-state index in [0.29, 0.717) is 13.0 Å². The molecule has 4 nitrogen and oxygen atoms in total. The van der Waals surface area contributed by atoms with Crippen LogP contribution in [0.1, 0.15) is 56.9 Å². The standard InChI is InChI=1S/C20H26N2O2/c1-15(23)22-14-17(18-9-5-6-10-19(18)22)13-20(24)21-12-11-16-7-3-2-4-8-16/h5-7,9-10,17H,2-4,8,11-14H2,1H3,(H,21,24).